The number of halogens is 1. The van der Waals surface area contributed by atoms with Gasteiger partial charge in [-0.25, -0.2) is 0 Å². The number of anilines is 1. The van der Waals surface area contributed by atoms with E-state index in [0.717, 1.165) is 23.1 Å². The summed E-state index contributed by atoms with van der Waals surface area (Å²) in [6.07, 6.45) is 1.01. The van der Waals surface area contributed by atoms with Crippen LogP contribution in [0.4, 0.5) is 5.69 Å². The highest BCUT2D eigenvalue weighted by Crippen LogP contribution is 2.20. The Balaban J connectivity index is 2.26. The van der Waals surface area contributed by atoms with Gasteiger partial charge in [-0.05, 0) is 40.4 Å². The molecule has 1 aromatic carbocycles. The lowest BCUT2D eigenvalue weighted by molar-refractivity contribution is -0.119. The van der Waals surface area contributed by atoms with Crippen molar-refractivity contribution in [3.8, 4) is 0 Å². The van der Waals surface area contributed by atoms with E-state index in [4.69, 9.17) is 0 Å². The Kier molecular flexibility index (Phi) is 6.05. The summed E-state index contributed by atoms with van der Waals surface area (Å²) in [5.41, 5.74) is 0.937. The van der Waals surface area contributed by atoms with Crippen LogP contribution in [0.25, 0.3) is 0 Å². The Hall–Kier alpha value is -1.03. The average Bonchev–Trinajstić information content (AvgIpc) is 2.27. The molecular formula is C13H19BrN2O. The van der Waals surface area contributed by atoms with E-state index < -0.39 is 0 Å². The molecule has 4 heteroatoms. The number of hydrogen-bond acceptors (Lipinski definition) is 2. The maximum absolute atomic E-state index is 11.5. The first-order valence-corrected chi connectivity index (χ1v) is 6.64. The number of carbonyl (C=O) groups is 1. The van der Waals surface area contributed by atoms with Crippen LogP contribution in [-0.2, 0) is 4.79 Å². The van der Waals surface area contributed by atoms with E-state index in [-0.39, 0.29) is 5.91 Å². The summed E-state index contributed by atoms with van der Waals surface area (Å²) in [4.78, 5) is 11.5. The molecule has 0 saturated heterocycles. The summed E-state index contributed by atoms with van der Waals surface area (Å²) in [7, 11) is 0. The third kappa shape index (κ3) is 5.73. The highest BCUT2D eigenvalue weighted by molar-refractivity contribution is 9.10. The fraction of sp³-hybridized carbons (Fsp3) is 0.462. The lowest BCUT2D eigenvalue weighted by Gasteiger charge is -2.09. The molecule has 1 rings (SSSR count). The largest absolute Gasteiger partial charge is 0.375 e. The standard InChI is InChI=1S/C13H19BrN2O/c1-10(2)7-8-15-13(17)9-16-12-6-4-3-5-11(12)14/h3-6,10,16H,7-9H2,1-2H3,(H,15,17). The first-order valence-electron chi connectivity index (χ1n) is 5.84. The van der Waals surface area contributed by atoms with Crippen LogP contribution in [0.2, 0.25) is 0 Å². The third-order valence-electron chi connectivity index (χ3n) is 2.36. The van der Waals surface area contributed by atoms with Crippen molar-refractivity contribution in [2.45, 2.75) is 20.3 Å². The molecule has 0 atom stereocenters. The van der Waals surface area contributed by atoms with E-state index in [0.29, 0.717) is 12.5 Å². The van der Waals surface area contributed by atoms with E-state index in [2.05, 4.69) is 40.4 Å². The number of para-hydroxylation sites is 1. The second kappa shape index (κ2) is 7.33. The molecule has 0 heterocycles. The summed E-state index contributed by atoms with van der Waals surface area (Å²) in [5, 5.41) is 5.98. The van der Waals surface area contributed by atoms with Gasteiger partial charge in [-0.2, -0.15) is 0 Å². The van der Waals surface area contributed by atoms with Crippen molar-refractivity contribution < 1.29 is 4.79 Å². The number of hydrogen-bond donors (Lipinski definition) is 2. The minimum Gasteiger partial charge on any atom is -0.375 e. The van der Waals surface area contributed by atoms with Gasteiger partial charge in [-0.1, -0.05) is 26.0 Å². The normalized spacial score (nSPS) is 10.4. The highest BCUT2D eigenvalue weighted by atomic mass is 79.9. The molecule has 1 aromatic rings. The zero-order chi connectivity index (χ0) is 12.7. The first kappa shape index (κ1) is 14.0. The van der Waals surface area contributed by atoms with Crippen molar-refractivity contribution in [1.29, 1.82) is 0 Å². The Bertz CT molecular complexity index is 366. The topological polar surface area (TPSA) is 41.1 Å². The number of nitrogens with one attached hydrogen (secondary N) is 2. The first-order chi connectivity index (χ1) is 8.09. The van der Waals surface area contributed by atoms with Crippen LogP contribution < -0.4 is 10.6 Å². The maximum Gasteiger partial charge on any atom is 0.239 e. The zero-order valence-corrected chi connectivity index (χ0v) is 11.9. The highest BCUT2D eigenvalue weighted by Gasteiger charge is 2.03. The van der Waals surface area contributed by atoms with E-state index in [1.54, 1.807) is 0 Å². The summed E-state index contributed by atoms with van der Waals surface area (Å²) in [5.74, 6) is 0.646. The quantitative estimate of drug-likeness (QED) is 0.848. The molecule has 0 saturated carbocycles. The second-order valence-corrected chi connectivity index (χ2v) is 5.22. The Morgan fingerprint density at radius 2 is 2.06 bits per heavy atom. The van der Waals surface area contributed by atoms with Gasteiger partial charge in [0.2, 0.25) is 5.91 Å². The van der Waals surface area contributed by atoms with Crippen molar-refractivity contribution in [2.75, 3.05) is 18.4 Å². The molecule has 0 spiro atoms. The summed E-state index contributed by atoms with van der Waals surface area (Å²) in [6, 6.07) is 7.76. The molecule has 0 fully saturated rings. The predicted molar refractivity (Wildman–Crippen MR) is 75.1 cm³/mol. The van der Waals surface area contributed by atoms with Gasteiger partial charge in [-0.15, -0.1) is 0 Å². The molecule has 2 N–H and O–H groups in total. The average molecular weight is 299 g/mol. The molecule has 0 aliphatic rings. The van der Waals surface area contributed by atoms with Crippen LogP contribution in [-0.4, -0.2) is 19.0 Å². The lowest BCUT2D eigenvalue weighted by atomic mass is 10.1. The SMILES string of the molecule is CC(C)CCNC(=O)CNc1ccccc1Br. The van der Waals surface area contributed by atoms with E-state index in [1.807, 2.05) is 24.3 Å². The zero-order valence-electron chi connectivity index (χ0n) is 10.3. The molecular weight excluding hydrogens is 280 g/mol. The Morgan fingerprint density at radius 3 is 2.71 bits per heavy atom. The summed E-state index contributed by atoms with van der Waals surface area (Å²) in [6.45, 7) is 5.34. The number of carbonyl (C=O) groups excluding carboxylic acids is 1. The van der Waals surface area contributed by atoms with Gasteiger partial charge in [0.05, 0.1) is 6.54 Å². The van der Waals surface area contributed by atoms with Crippen LogP contribution in [0.5, 0.6) is 0 Å². The summed E-state index contributed by atoms with van der Waals surface area (Å²) >= 11 is 3.42. The predicted octanol–water partition coefficient (Wildman–Crippen LogP) is 3.02. The number of rotatable bonds is 6. The lowest BCUT2D eigenvalue weighted by Crippen LogP contribution is -2.31. The molecule has 0 aliphatic heterocycles. The van der Waals surface area contributed by atoms with Crippen LogP contribution in [0.1, 0.15) is 20.3 Å². The van der Waals surface area contributed by atoms with Gasteiger partial charge in [0.15, 0.2) is 0 Å². The van der Waals surface area contributed by atoms with Gasteiger partial charge < -0.3 is 10.6 Å². The smallest absolute Gasteiger partial charge is 0.239 e. The molecule has 0 aromatic heterocycles. The monoisotopic (exact) mass is 298 g/mol. The fourth-order valence-electron chi connectivity index (χ4n) is 1.34. The van der Waals surface area contributed by atoms with Gasteiger partial charge in [0, 0.05) is 16.7 Å². The van der Waals surface area contributed by atoms with E-state index >= 15 is 0 Å². The molecule has 0 unspecified atom stereocenters. The van der Waals surface area contributed by atoms with Gasteiger partial charge in [0.25, 0.3) is 0 Å². The van der Waals surface area contributed by atoms with Crippen molar-refractivity contribution in [3.63, 3.8) is 0 Å². The molecule has 0 radical (unpaired) electrons. The Labute approximate surface area is 111 Å². The van der Waals surface area contributed by atoms with Crippen LogP contribution in [0, 0.1) is 5.92 Å². The second-order valence-electron chi connectivity index (χ2n) is 4.37. The van der Waals surface area contributed by atoms with E-state index in [9.17, 15) is 4.79 Å². The van der Waals surface area contributed by atoms with Gasteiger partial charge >= 0.3 is 0 Å². The molecule has 1 amide bonds. The van der Waals surface area contributed by atoms with Crippen LogP contribution >= 0.6 is 15.9 Å². The molecule has 3 nitrogen and oxygen atoms in total. The Morgan fingerprint density at radius 1 is 1.35 bits per heavy atom. The third-order valence-corrected chi connectivity index (χ3v) is 3.05. The van der Waals surface area contributed by atoms with Crippen LogP contribution in [0.3, 0.4) is 0 Å². The van der Waals surface area contributed by atoms with Crippen LogP contribution in [0.15, 0.2) is 28.7 Å². The maximum atomic E-state index is 11.5. The molecule has 94 valence electrons. The minimum atomic E-state index is 0.0291. The van der Waals surface area contributed by atoms with Gasteiger partial charge in [0.1, 0.15) is 0 Å². The fourth-order valence-corrected chi connectivity index (χ4v) is 1.77. The van der Waals surface area contributed by atoms with Gasteiger partial charge in [-0.3, -0.25) is 4.79 Å². The molecule has 0 bridgehead atoms. The van der Waals surface area contributed by atoms with Crippen molar-refractivity contribution in [3.05, 3.63) is 28.7 Å². The molecule has 17 heavy (non-hydrogen) atoms. The minimum absolute atomic E-state index is 0.0291. The molecule has 0 aliphatic carbocycles. The number of benzene rings is 1. The summed E-state index contributed by atoms with van der Waals surface area (Å²) < 4.78 is 0.968. The van der Waals surface area contributed by atoms with Crippen molar-refractivity contribution in [2.24, 2.45) is 5.92 Å². The van der Waals surface area contributed by atoms with Crippen molar-refractivity contribution in [1.82, 2.24) is 5.32 Å². The number of amides is 1. The van der Waals surface area contributed by atoms with Crippen molar-refractivity contribution >= 4 is 27.5 Å². The van der Waals surface area contributed by atoms with E-state index in [1.165, 1.54) is 0 Å².